The summed E-state index contributed by atoms with van der Waals surface area (Å²) in [5, 5.41) is 8.25. The lowest BCUT2D eigenvalue weighted by molar-refractivity contribution is -0.121. The van der Waals surface area contributed by atoms with Crippen LogP contribution in [0.5, 0.6) is 11.5 Å². The molecule has 0 aliphatic heterocycles. The van der Waals surface area contributed by atoms with Gasteiger partial charge in [0.1, 0.15) is 6.54 Å². The average molecular weight is 395 g/mol. The molecular formula is C16H19BrN4O3. The van der Waals surface area contributed by atoms with E-state index in [-0.39, 0.29) is 12.5 Å². The zero-order chi connectivity index (χ0) is 17.7. The molecule has 2 aromatic rings. The first kappa shape index (κ1) is 18.0. The Kier molecular flexibility index (Phi) is 5.97. The highest BCUT2D eigenvalue weighted by atomic mass is 79.9. The number of carbonyl (C=O) groups is 1. The maximum Gasteiger partial charge on any atom is 0.261 e. The van der Waals surface area contributed by atoms with Gasteiger partial charge >= 0.3 is 0 Å². The van der Waals surface area contributed by atoms with Crippen LogP contribution in [0.3, 0.4) is 0 Å². The summed E-state index contributed by atoms with van der Waals surface area (Å²) in [6.07, 6.45) is 1.51. The van der Waals surface area contributed by atoms with E-state index in [9.17, 15) is 4.79 Å². The molecule has 0 atom stereocenters. The fourth-order valence-corrected chi connectivity index (χ4v) is 2.47. The maximum atomic E-state index is 12.0. The molecule has 1 aromatic carbocycles. The van der Waals surface area contributed by atoms with Gasteiger partial charge < -0.3 is 9.47 Å². The van der Waals surface area contributed by atoms with Crippen molar-refractivity contribution < 1.29 is 14.3 Å². The Morgan fingerprint density at radius 2 is 2.12 bits per heavy atom. The van der Waals surface area contributed by atoms with Crippen LogP contribution in [0.25, 0.3) is 0 Å². The SMILES string of the molecule is COc1cccc(/C=N/NC(=O)Cn2nc(C)c(Br)c2C)c1OC. The Morgan fingerprint density at radius 3 is 2.71 bits per heavy atom. The van der Waals surface area contributed by atoms with Crippen molar-refractivity contribution in [3.8, 4) is 11.5 Å². The first-order valence-electron chi connectivity index (χ1n) is 7.20. The molecule has 2 rings (SSSR count). The fourth-order valence-electron chi connectivity index (χ4n) is 2.19. The minimum absolute atomic E-state index is 0.0882. The molecule has 24 heavy (non-hydrogen) atoms. The molecule has 7 nitrogen and oxygen atoms in total. The second kappa shape index (κ2) is 7.96. The Balaban J connectivity index is 2.04. The third kappa shape index (κ3) is 3.94. The molecule has 0 unspecified atom stereocenters. The van der Waals surface area contributed by atoms with Crippen LogP contribution in [0.4, 0.5) is 0 Å². The number of aromatic nitrogens is 2. The van der Waals surface area contributed by atoms with Gasteiger partial charge in [-0.1, -0.05) is 6.07 Å². The average Bonchev–Trinajstić information content (AvgIpc) is 2.81. The molecule has 0 aliphatic rings. The number of nitrogens with zero attached hydrogens (tertiary/aromatic N) is 3. The number of hydrogen-bond donors (Lipinski definition) is 1. The van der Waals surface area contributed by atoms with E-state index < -0.39 is 0 Å². The number of hydrazone groups is 1. The number of carbonyl (C=O) groups excluding carboxylic acids is 1. The van der Waals surface area contributed by atoms with E-state index in [4.69, 9.17) is 9.47 Å². The van der Waals surface area contributed by atoms with E-state index in [0.29, 0.717) is 17.1 Å². The van der Waals surface area contributed by atoms with Crippen LogP contribution in [0.1, 0.15) is 17.0 Å². The predicted molar refractivity (Wildman–Crippen MR) is 94.7 cm³/mol. The van der Waals surface area contributed by atoms with Crippen LogP contribution in [-0.2, 0) is 11.3 Å². The number of amides is 1. The molecule has 0 radical (unpaired) electrons. The number of nitrogens with one attached hydrogen (secondary N) is 1. The predicted octanol–water partition coefficient (Wildman–Crippen LogP) is 2.43. The van der Waals surface area contributed by atoms with Crippen molar-refractivity contribution in [1.82, 2.24) is 15.2 Å². The van der Waals surface area contributed by atoms with Crippen molar-refractivity contribution in [1.29, 1.82) is 0 Å². The van der Waals surface area contributed by atoms with Gasteiger partial charge in [-0.25, -0.2) is 5.43 Å². The van der Waals surface area contributed by atoms with Gasteiger partial charge in [-0.15, -0.1) is 0 Å². The highest BCUT2D eigenvalue weighted by molar-refractivity contribution is 9.10. The van der Waals surface area contributed by atoms with E-state index in [2.05, 4.69) is 31.6 Å². The number of methoxy groups -OCH3 is 2. The summed E-state index contributed by atoms with van der Waals surface area (Å²) in [6.45, 7) is 3.85. The minimum atomic E-state index is -0.272. The molecule has 1 N–H and O–H groups in total. The Labute approximate surface area is 148 Å². The number of benzene rings is 1. The summed E-state index contributed by atoms with van der Waals surface area (Å²) >= 11 is 3.43. The van der Waals surface area contributed by atoms with Crippen molar-refractivity contribution in [2.45, 2.75) is 20.4 Å². The van der Waals surface area contributed by atoms with Gasteiger partial charge in [0, 0.05) is 5.56 Å². The molecule has 0 bridgehead atoms. The zero-order valence-corrected chi connectivity index (χ0v) is 15.5. The topological polar surface area (TPSA) is 77.7 Å². The lowest BCUT2D eigenvalue weighted by Gasteiger charge is -2.09. The largest absolute Gasteiger partial charge is 0.493 e. The molecular weight excluding hydrogens is 376 g/mol. The van der Waals surface area contributed by atoms with E-state index in [1.807, 2.05) is 26.0 Å². The number of halogens is 1. The summed E-state index contributed by atoms with van der Waals surface area (Å²) in [6, 6.07) is 5.42. The second-order valence-electron chi connectivity index (χ2n) is 5.02. The molecule has 0 fully saturated rings. The van der Waals surface area contributed by atoms with Crippen LogP contribution < -0.4 is 14.9 Å². The lowest BCUT2D eigenvalue weighted by atomic mass is 10.2. The third-order valence-electron chi connectivity index (χ3n) is 3.41. The molecule has 1 amide bonds. The van der Waals surface area contributed by atoms with E-state index in [0.717, 1.165) is 15.9 Å². The minimum Gasteiger partial charge on any atom is -0.493 e. The fraction of sp³-hybridized carbons (Fsp3) is 0.312. The monoisotopic (exact) mass is 394 g/mol. The third-order valence-corrected chi connectivity index (χ3v) is 4.56. The van der Waals surface area contributed by atoms with Gasteiger partial charge in [-0.3, -0.25) is 9.48 Å². The molecule has 0 spiro atoms. The molecule has 0 saturated heterocycles. The number of aryl methyl sites for hydroxylation is 1. The van der Waals surface area contributed by atoms with E-state index in [1.165, 1.54) is 6.21 Å². The second-order valence-corrected chi connectivity index (χ2v) is 5.81. The number of rotatable bonds is 6. The van der Waals surface area contributed by atoms with Crippen LogP contribution in [0.15, 0.2) is 27.8 Å². The van der Waals surface area contributed by atoms with Gasteiger partial charge in [0.25, 0.3) is 5.91 Å². The molecule has 0 aliphatic carbocycles. The van der Waals surface area contributed by atoms with Crippen LogP contribution in [0.2, 0.25) is 0 Å². The van der Waals surface area contributed by atoms with Crippen LogP contribution in [0, 0.1) is 13.8 Å². The quantitative estimate of drug-likeness (QED) is 0.602. The lowest BCUT2D eigenvalue weighted by Crippen LogP contribution is -2.24. The zero-order valence-electron chi connectivity index (χ0n) is 14.0. The number of hydrogen-bond acceptors (Lipinski definition) is 5. The summed E-state index contributed by atoms with van der Waals surface area (Å²) < 4.78 is 13.0. The highest BCUT2D eigenvalue weighted by Crippen LogP contribution is 2.29. The summed E-state index contributed by atoms with van der Waals surface area (Å²) in [4.78, 5) is 12.0. The molecule has 8 heteroatoms. The van der Waals surface area contributed by atoms with Gasteiger partial charge in [0.15, 0.2) is 11.5 Å². The Morgan fingerprint density at radius 1 is 1.38 bits per heavy atom. The van der Waals surface area contributed by atoms with Crippen molar-refractivity contribution in [3.05, 3.63) is 39.6 Å². The van der Waals surface area contributed by atoms with Gasteiger partial charge in [-0.05, 0) is 41.9 Å². The smallest absolute Gasteiger partial charge is 0.261 e. The van der Waals surface area contributed by atoms with Crippen LogP contribution in [-0.4, -0.2) is 36.1 Å². The van der Waals surface area contributed by atoms with Crippen molar-refractivity contribution in [2.75, 3.05) is 14.2 Å². The Hall–Kier alpha value is -2.35. The van der Waals surface area contributed by atoms with E-state index >= 15 is 0 Å². The van der Waals surface area contributed by atoms with Crippen molar-refractivity contribution in [2.24, 2.45) is 5.10 Å². The highest BCUT2D eigenvalue weighted by Gasteiger charge is 2.11. The molecule has 1 heterocycles. The van der Waals surface area contributed by atoms with Gasteiger partial charge in [0.05, 0.1) is 36.3 Å². The standard InChI is InChI=1S/C16H19BrN4O3/c1-10-15(17)11(2)21(20-10)9-14(22)19-18-8-12-6-5-7-13(23-3)16(12)24-4/h5-8H,9H2,1-4H3,(H,19,22)/b18-8+. The summed E-state index contributed by atoms with van der Waals surface area (Å²) in [7, 11) is 3.11. The number of para-hydroxylation sites is 1. The first-order valence-corrected chi connectivity index (χ1v) is 7.99. The van der Waals surface area contributed by atoms with Gasteiger partial charge in [0.2, 0.25) is 0 Å². The molecule has 0 saturated carbocycles. The van der Waals surface area contributed by atoms with Crippen LogP contribution >= 0.6 is 15.9 Å². The van der Waals surface area contributed by atoms with Gasteiger partial charge in [-0.2, -0.15) is 10.2 Å². The van der Waals surface area contributed by atoms with Crippen molar-refractivity contribution in [3.63, 3.8) is 0 Å². The normalized spacial score (nSPS) is 10.9. The maximum absolute atomic E-state index is 12.0. The first-order chi connectivity index (χ1) is 11.5. The summed E-state index contributed by atoms with van der Waals surface area (Å²) in [5.74, 6) is 0.881. The summed E-state index contributed by atoms with van der Waals surface area (Å²) in [5.41, 5.74) is 4.91. The van der Waals surface area contributed by atoms with E-state index in [1.54, 1.807) is 25.0 Å². The number of ether oxygens (including phenoxy) is 2. The van der Waals surface area contributed by atoms with Crippen molar-refractivity contribution >= 4 is 28.1 Å². The molecule has 128 valence electrons. The Bertz CT molecular complexity index is 771. The molecule has 1 aromatic heterocycles.